The summed E-state index contributed by atoms with van der Waals surface area (Å²) in [5, 5.41) is 38.1. The number of carboxylic acid groups (broad SMARTS) is 2. The predicted octanol–water partition coefficient (Wildman–Crippen LogP) is 1.17. The van der Waals surface area contributed by atoms with E-state index in [1.807, 2.05) is 0 Å². The Morgan fingerprint density at radius 1 is 0.544 bits per heavy atom. The van der Waals surface area contributed by atoms with Gasteiger partial charge in [-0.05, 0) is 29.9 Å². The number of aliphatic carboxylic acids is 2. The van der Waals surface area contributed by atoms with Crippen molar-refractivity contribution in [3.63, 3.8) is 0 Å². The number of nitrogens with zero attached hydrogens (tertiary/aromatic N) is 1. The average molecular weight is 1110 g/mol. The van der Waals surface area contributed by atoms with Gasteiger partial charge in [0.05, 0.1) is 25.7 Å². The molecule has 4 rings (SSSR count). The van der Waals surface area contributed by atoms with Crippen molar-refractivity contribution in [2.75, 3.05) is 6.54 Å². The highest BCUT2D eigenvalue weighted by Gasteiger charge is 2.36. The summed E-state index contributed by atoms with van der Waals surface area (Å²) in [6, 6.07) is 5.46. The number of hydrogen-bond acceptors (Lipinski definition) is 11. The van der Waals surface area contributed by atoms with E-state index in [1.54, 1.807) is 74.5 Å². The number of benzene rings is 3. The molecule has 0 saturated carbocycles. The maximum Gasteiger partial charge on any atom is 0.326 e. The smallest absolute Gasteiger partial charge is 0.326 e. The van der Waals surface area contributed by atoms with Gasteiger partial charge in [0.2, 0.25) is 53.1 Å². The van der Waals surface area contributed by atoms with Crippen LogP contribution in [0.4, 0.5) is 22.0 Å². The van der Waals surface area contributed by atoms with E-state index < -0.39 is 167 Å². The zero-order valence-corrected chi connectivity index (χ0v) is 43.4. The minimum Gasteiger partial charge on any atom is -0.481 e. The van der Waals surface area contributed by atoms with Gasteiger partial charge < -0.3 is 57.7 Å². The molecule has 0 spiro atoms. The molecule has 8 amide bonds. The summed E-state index contributed by atoms with van der Waals surface area (Å²) in [4.78, 5) is 139. The number of carbonyl (C=O) groups excluding carboxylic acids is 8. The summed E-state index contributed by atoms with van der Waals surface area (Å²) in [5.74, 6) is -24.0. The first-order valence-corrected chi connectivity index (χ1v) is 24.7. The number of halogens is 5. The molecule has 0 aliphatic rings. The molecule has 0 fully saturated rings. The summed E-state index contributed by atoms with van der Waals surface area (Å²) >= 11 is 0. The summed E-state index contributed by atoms with van der Waals surface area (Å²) in [6.45, 7) is 6.68. The fourth-order valence-corrected chi connectivity index (χ4v) is 7.74. The van der Waals surface area contributed by atoms with Crippen molar-refractivity contribution in [2.45, 2.75) is 115 Å². The Balaban J connectivity index is 1.48. The van der Waals surface area contributed by atoms with Crippen LogP contribution in [0.2, 0.25) is 0 Å². The second-order valence-electron chi connectivity index (χ2n) is 18.7. The molecule has 1 aromatic heterocycles. The van der Waals surface area contributed by atoms with Crippen LogP contribution in [-0.4, -0.2) is 128 Å². The molecule has 426 valence electrons. The van der Waals surface area contributed by atoms with Crippen LogP contribution in [0.15, 0.2) is 73.2 Å². The number of hydrogen-bond donors (Lipinski definition) is 11. The molecule has 79 heavy (non-hydrogen) atoms. The molecule has 3 aromatic carbocycles. The van der Waals surface area contributed by atoms with E-state index in [1.165, 1.54) is 33.3 Å². The number of amides is 8. The molecule has 11 N–H and O–H groups in total. The quantitative estimate of drug-likeness (QED) is 0.0207. The lowest BCUT2D eigenvalue weighted by Crippen LogP contribution is -2.60. The van der Waals surface area contributed by atoms with Crippen LogP contribution < -0.4 is 42.5 Å². The molecule has 0 radical (unpaired) electrons. The number of carboxylic acids is 2. The van der Waals surface area contributed by atoms with Crippen LogP contribution >= 0.6 is 0 Å². The summed E-state index contributed by atoms with van der Waals surface area (Å²) in [7, 11) is 0. The maximum absolute atomic E-state index is 14.6. The molecule has 4 aromatic rings. The number of imidazole rings is 1. The molecule has 22 nitrogen and oxygen atoms in total. The Hall–Kier alpha value is -8.78. The first-order valence-electron chi connectivity index (χ1n) is 24.7. The molecule has 0 aliphatic carbocycles. The Kier molecular flexibility index (Phi) is 23.6. The molecular formula is C52H61F5N10O12. The fourth-order valence-electron chi connectivity index (χ4n) is 7.74. The Bertz CT molecular complexity index is 2800. The van der Waals surface area contributed by atoms with Gasteiger partial charge in [-0.2, -0.15) is 0 Å². The Morgan fingerprint density at radius 3 is 1.53 bits per heavy atom. The highest BCUT2D eigenvalue weighted by atomic mass is 19.2. The highest BCUT2D eigenvalue weighted by Crippen LogP contribution is 2.24. The van der Waals surface area contributed by atoms with Gasteiger partial charge in [-0.1, -0.05) is 94.8 Å². The summed E-state index contributed by atoms with van der Waals surface area (Å²) in [5.41, 5.74) is -0.197. The molecule has 8 unspecified atom stereocenters. The van der Waals surface area contributed by atoms with E-state index in [0.29, 0.717) is 23.2 Å². The molecule has 1 heterocycles. The van der Waals surface area contributed by atoms with Crippen LogP contribution in [-0.2, 0) is 73.6 Å². The molecule has 0 aliphatic heterocycles. The summed E-state index contributed by atoms with van der Waals surface area (Å²) in [6.07, 6.45) is -0.136. The van der Waals surface area contributed by atoms with Crippen LogP contribution in [0.25, 0.3) is 0 Å². The van der Waals surface area contributed by atoms with Crippen LogP contribution in [0, 0.1) is 40.9 Å². The van der Waals surface area contributed by atoms with E-state index in [9.17, 15) is 80.1 Å². The number of aromatic amines is 1. The molecule has 27 heteroatoms. The molecule has 0 saturated heterocycles. The first kappa shape index (κ1) is 62.8. The Morgan fingerprint density at radius 2 is 1.03 bits per heavy atom. The zero-order valence-electron chi connectivity index (χ0n) is 43.4. The third-order valence-electron chi connectivity index (χ3n) is 12.3. The van der Waals surface area contributed by atoms with Crippen LogP contribution in [0.3, 0.4) is 0 Å². The van der Waals surface area contributed by atoms with Gasteiger partial charge in [-0.25, -0.2) is 31.7 Å². The van der Waals surface area contributed by atoms with Gasteiger partial charge in [0, 0.05) is 36.7 Å². The normalized spacial score (nSPS) is 14.1. The number of rotatable bonds is 29. The molecule has 8 atom stereocenters. The predicted molar refractivity (Wildman–Crippen MR) is 269 cm³/mol. The average Bonchev–Trinajstić information content (AvgIpc) is 3.94. The van der Waals surface area contributed by atoms with Gasteiger partial charge in [0.25, 0.3) is 0 Å². The SMILES string of the molecule is CCC(C)C(NC(=O)C(CC(=O)O)NC(=O)C(NC(=O)C(C)NC(=O)C(Cc1cnc[nH]1)NC(=O)CNC(=O)C(Cc1ccccc1)NC(=O)C(Cc1ccccc1)NC(=O)Cc1c(F)c(F)c(F)c(F)c1F)C(C)C)C(=O)O. The topological polar surface area (TPSA) is 336 Å². The number of H-pyrrole nitrogens is 1. The molecule has 0 bridgehead atoms. The van der Waals surface area contributed by atoms with Crippen LogP contribution in [0.1, 0.15) is 69.8 Å². The lowest BCUT2D eigenvalue weighted by molar-refractivity contribution is -0.145. The first-order chi connectivity index (χ1) is 37.3. The van der Waals surface area contributed by atoms with Crippen molar-refractivity contribution >= 4 is 59.2 Å². The lowest BCUT2D eigenvalue weighted by atomic mass is 9.98. The molecular weight excluding hydrogens is 1050 g/mol. The minimum atomic E-state index is -2.44. The fraction of sp³-hybridized carbons (Fsp3) is 0.404. The monoisotopic (exact) mass is 1110 g/mol. The maximum atomic E-state index is 14.6. The number of carbonyl (C=O) groups is 10. The van der Waals surface area contributed by atoms with E-state index in [4.69, 9.17) is 0 Å². The largest absolute Gasteiger partial charge is 0.481 e. The second kappa shape index (κ2) is 29.7. The van der Waals surface area contributed by atoms with E-state index in [-0.39, 0.29) is 19.3 Å². The van der Waals surface area contributed by atoms with Gasteiger partial charge in [-0.3, -0.25) is 43.2 Å². The third-order valence-corrected chi connectivity index (χ3v) is 12.3. The standard InChI is InChI=1S/C52H61F5N10O12/c1-6-26(4)45(52(78)79)67-50(76)35(21-38(70)71)65-51(77)44(25(2)3)66-46(72)27(5)61-48(74)34(19-30-22-58-24-60-30)63-37(69)23-59-47(73)32(17-28-13-9-7-10-14-28)64-49(75)33(18-29-15-11-8-12-16-29)62-36(68)20-31-39(53)41(55)43(57)42(56)40(31)54/h7-16,22,24-27,32-35,44-45H,6,17-21,23H2,1-5H3,(H,58,60)(H,59,73)(H,61,74)(H,62,68)(H,63,69)(H,64,75)(H,65,77)(H,66,72)(H,67,76)(H,70,71)(H,78,79). The van der Waals surface area contributed by atoms with Crippen molar-refractivity contribution in [3.8, 4) is 0 Å². The summed E-state index contributed by atoms with van der Waals surface area (Å²) < 4.78 is 70.8. The van der Waals surface area contributed by atoms with E-state index in [2.05, 4.69) is 52.5 Å². The van der Waals surface area contributed by atoms with Crippen molar-refractivity contribution < 1.29 is 80.1 Å². The van der Waals surface area contributed by atoms with E-state index >= 15 is 0 Å². The second-order valence-corrected chi connectivity index (χ2v) is 18.7. The minimum absolute atomic E-state index is 0.218. The van der Waals surface area contributed by atoms with E-state index in [0.717, 1.165) is 0 Å². The number of nitrogens with one attached hydrogen (secondary N) is 9. The number of aromatic nitrogens is 2. The van der Waals surface area contributed by atoms with Crippen molar-refractivity contribution in [1.29, 1.82) is 0 Å². The van der Waals surface area contributed by atoms with Crippen molar-refractivity contribution in [2.24, 2.45) is 11.8 Å². The van der Waals surface area contributed by atoms with Gasteiger partial charge in [-0.15, -0.1) is 0 Å². The van der Waals surface area contributed by atoms with Gasteiger partial charge in [0.1, 0.15) is 42.3 Å². The van der Waals surface area contributed by atoms with Crippen molar-refractivity contribution in [1.82, 2.24) is 52.5 Å². The van der Waals surface area contributed by atoms with Crippen molar-refractivity contribution in [3.05, 3.63) is 125 Å². The lowest BCUT2D eigenvalue weighted by Gasteiger charge is -2.28. The third kappa shape index (κ3) is 18.7. The van der Waals surface area contributed by atoms with Gasteiger partial charge >= 0.3 is 11.9 Å². The van der Waals surface area contributed by atoms with Gasteiger partial charge in [0.15, 0.2) is 23.3 Å². The highest BCUT2D eigenvalue weighted by molar-refractivity contribution is 5.98. The Labute approximate surface area is 449 Å². The zero-order chi connectivity index (χ0) is 58.7. The van der Waals surface area contributed by atoms with Crippen LogP contribution in [0.5, 0.6) is 0 Å².